The third-order valence-corrected chi connectivity index (χ3v) is 20.0. The van der Waals surface area contributed by atoms with E-state index in [1.165, 1.54) is 186 Å². The van der Waals surface area contributed by atoms with E-state index >= 15 is 0 Å². The van der Waals surface area contributed by atoms with Gasteiger partial charge in [-0.05, 0) is 43.4 Å². The summed E-state index contributed by atoms with van der Waals surface area (Å²) < 4.78 is 68.5. The van der Waals surface area contributed by atoms with Crippen molar-refractivity contribution >= 4 is 39.5 Å². The number of ether oxygens (including phenoxy) is 4. The van der Waals surface area contributed by atoms with Gasteiger partial charge in [-0.3, -0.25) is 37.3 Å². The lowest BCUT2D eigenvalue weighted by Gasteiger charge is -2.21. The highest BCUT2D eigenvalue weighted by atomic mass is 31.2. The van der Waals surface area contributed by atoms with Crippen molar-refractivity contribution in [2.24, 2.45) is 17.8 Å². The molecule has 0 saturated carbocycles. The molecule has 0 saturated heterocycles. The average Bonchev–Trinajstić information content (AvgIpc) is 1.17. The van der Waals surface area contributed by atoms with Crippen LogP contribution in [0.3, 0.4) is 0 Å². The number of carbonyl (C=O) groups excluding carboxylic acids is 4. The van der Waals surface area contributed by atoms with Crippen LogP contribution >= 0.6 is 15.6 Å². The summed E-state index contributed by atoms with van der Waals surface area (Å²) in [5.41, 5.74) is 0. The number of phosphoric ester groups is 2. The van der Waals surface area contributed by atoms with Crippen LogP contribution in [0, 0.1) is 17.8 Å². The minimum Gasteiger partial charge on any atom is -0.462 e. The Kier molecular flexibility index (Phi) is 64.3. The zero-order chi connectivity index (χ0) is 69.4. The monoisotopic (exact) mass is 1380 g/mol. The van der Waals surface area contributed by atoms with Gasteiger partial charge in [-0.2, -0.15) is 0 Å². The number of carbonyl (C=O) groups is 4. The van der Waals surface area contributed by atoms with Crippen molar-refractivity contribution in [1.82, 2.24) is 0 Å². The molecule has 7 atom stereocenters. The minimum atomic E-state index is -4.96. The number of hydrogen-bond acceptors (Lipinski definition) is 15. The largest absolute Gasteiger partial charge is 0.472 e. The molecular formula is C75H146O17P2. The van der Waals surface area contributed by atoms with Crippen LogP contribution < -0.4 is 0 Å². The van der Waals surface area contributed by atoms with Crippen molar-refractivity contribution < 1.29 is 80.2 Å². The molecule has 17 nitrogen and oxygen atoms in total. The maximum absolute atomic E-state index is 13.1. The van der Waals surface area contributed by atoms with Gasteiger partial charge < -0.3 is 33.8 Å². The van der Waals surface area contributed by atoms with Gasteiger partial charge in [0.15, 0.2) is 12.2 Å². The minimum absolute atomic E-state index is 0.104. The van der Waals surface area contributed by atoms with Gasteiger partial charge in [-0.1, -0.05) is 331 Å². The van der Waals surface area contributed by atoms with Gasteiger partial charge >= 0.3 is 39.5 Å². The van der Waals surface area contributed by atoms with E-state index in [2.05, 4.69) is 48.5 Å². The van der Waals surface area contributed by atoms with Gasteiger partial charge in [-0.25, -0.2) is 9.13 Å². The number of unbranched alkanes of at least 4 members (excludes halogenated alkanes) is 39. The second kappa shape index (κ2) is 65.7. The highest BCUT2D eigenvalue weighted by Crippen LogP contribution is 2.45. The summed E-state index contributed by atoms with van der Waals surface area (Å²) in [7, 11) is -9.91. The van der Waals surface area contributed by atoms with Crippen molar-refractivity contribution in [3.05, 3.63) is 0 Å². The Balaban J connectivity index is 5.25. The van der Waals surface area contributed by atoms with Crippen molar-refractivity contribution in [2.75, 3.05) is 39.6 Å². The molecular weight excluding hydrogens is 1230 g/mol. The van der Waals surface area contributed by atoms with Crippen LogP contribution in [0.15, 0.2) is 0 Å². The van der Waals surface area contributed by atoms with E-state index in [9.17, 15) is 43.2 Å². The van der Waals surface area contributed by atoms with E-state index in [4.69, 9.17) is 37.0 Å². The zero-order valence-electron chi connectivity index (χ0n) is 61.4. The maximum Gasteiger partial charge on any atom is 0.472 e. The van der Waals surface area contributed by atoms with Crippen molar-refractivity contribution in [3.8, 4) is 0 Å². The summed E-state index contributed by atoms with van der Waals surface area (Å²) in [6.07, 6.45) is 51.3. The van der Waals surface area contributed by atoms with Crippen LogP contribution in [0.2, 0.25) is 0 Å². The molecule has 0 radical (unpaired) electrons. The summed E-state index contributed by atoms with van der Waals surface area (Å²) in [6.45, 7) is 11.9. The van der Waals surface area contributed by atoms with Gasteiger partial charge in [0.25, 0.3) is 0 Å². The molecule has 0 heterocycles. The fourth-order valence-electron chi connectivity index (χ4n) is 11.4. The molecule has 0 aromatic heterocycles. The molecule has 94 heavy (non-hydrogen) atoms. The fraction of sp³-hybridized carbons (Fsp3) is 0.947. The lowest BCUT2D eigenvalue weighted by Crippen LogP contribution is -2.30. The number of rotatable bonds is 73. The molecule has 558 valence electrons. The smallest absolute Gasteiger partial charge is 0.462 e. The van der Waals surface area contributed by atoms with E-state index in [-0.39, 0.29) is 25.7 Å². The van der Waals surface area contributed by atoms with E-state index in [0.29, 0.717) is 31.6 Å². The van der Waals surface area contributed by atoms with Crippen molar-refractivity contribution in [1.29, 1.82) is 0 Å². The molecule has 0 aromatic rings. The number of aliphatic hydroxyl groups excluding tert-OH is 1. The van der Waals surface area contributed by atoms with E-state index < -0.39 is 97.5 Å². The van der Waals surface area contributed by atoms with E-state index in [0.717, 1.165) is 108 Å². The summed E-state index contributed by atoms with van der Waals surface area (Å²) in [5, 5.41) is 10.6. The van der Waals surface area contributed by atoms with Crippen LogP contribution in [0.4, 0.5) is 0 Å². The highest BCUT2D eigenvalue weighted by molar-refractivity contribution is 7.47. The van der Waals surface area contributed by atoms with E-state index in [1.807, 2.05) is 0 Å². The molecule has 0 bridgehead atoms. The Morgan fingerprint density at radius 1 is 0.309 bits per heavy atom. The molecule has 0 aliphatic heterocycles. The molecule has 0 rings (SSSR count). The Morgan fingerprint density at radius 3 is 0.809 bits per heavy atom. The first-order chi connectivity index (χ1) is 45.3. The average molecular weight is 1380 g/mol. The van der Waals surface area contributed by atoms with Crippen LogP contribution in [0.25, 0.3) is 0 Å². The molecule has 0 aliphatic rings. The standard InChI is InChI=1S/C75H146O17P2/c1-8-11-12-13-14-15-16-17-18-19-20-21-22-23-28-36-44-51-58-74(79)91-70(62-85-72(77)56-49-42-35-27-25-24-26-33-40-47-54-67(6)9-2)64-89-93(81,82)87-60-69(76)61-88-94(83,84)90-65-71(63-86-73(78)57-50-43-38-31-32-39-46-53-66(4)5)92-75(80)59-52-45-37-30-29-34-41-48-55-68(7)10-3/h66-71,76H,8-65H2,1-7H3,(H,81,82)(H,83,84)/t67?,68?,69-,70-,71-/m1/s1. The van der Waals surface area contributed by atoms with Crippen LogP contribution in [-0.4, -0.2) is 96.7 Å². The second-order valence-corrected chi connectivity index (χ2v) is 30.9. The Morgan fingerprint density at radius 2 is 0.543 bits per heavy atom. The van der Waals surface area contributed by atoms with Crippen molar-refractivity contribution in [3.63, 3.8) is 0 Å². The Labute approximate surface area is 575 Å². The lowest BCUT2D eigenvalue weighted by atomic mass is 9.99. The molecule has 0 aliphatic carbocycles. The molecule has 4 unspecified atom stereocenters. The second-order valence-electron chi connectivity index (χ2n) is 28.0. The fourth-order valence-corrected chi connectivity index (χ4v) is 12.9. The predicted octanol–water partition coefficient (Wildman–Crippen LogP) is 21.8. The highest BCUT2D eigenvalue weighted by Gasteiger charge is 2.30. The quantitative estimate of drug-likeness (QED) is 0.0222. The van der Waals surface area contributed by atoms with Gasteiger partial charge in [0, 0.05) is 25.7 Å². The number of aliphatic hydroxyl groups is 1. The van der Waals surface area contributed by atoms with Gasteiger partial charge in [0.1, 0.15) is 19.3 Å². The number of hydrogen-bond donors (Lipinski definition) is 3. The summed E-state index contributed by atoms with van der Waals surface area (Å²) in [6, 6.07) is 0. The molecule has 0 spiro atoms. The number of esters is 4. The Bertz CT molecular complexity index is 1840. The summed E-state index contributed by atoms with van der Waals surface area (Å²) in [4.78, 5) is 72.8. The van der Waals surface area contributed by atoms with E-state index in [1.54, 1.807) is 0 Å². The van der Waals surface area contributed by atoms with Gasteiger partial charge in [-0.15, -0.1) is 0 Å². The third kappa shape index (κ3) is 66.0. The summed E-state index contributed by atoms with van der Waals surface area (Å²) in [5.74, 6) is 0.163. The Hall–Kier alpha value is -1.94. The van der Waals surface area contributed by atoms with Crippen molar-refractivity contribution in [2.45, 2.75) is 401 Å². The van der Waals surface area contributed by atoms with Crippen LogP contribution in [0.1, 0.15) is 382 Å². The van der Waals surface area contributed by atoms with Gasteiger partial charge in [0.05, 0.1) is 26.4 Å². The van der Waals surface area contributed by atoms with Crippen LogP contribution in [-0.2, 0) is 65.4 Å². The molecule has 0 fully saturated rings. The first-order valence-electron chi connectivity index (χ1n) is 38.9. The first kappa shape index (κ1) is 92.1. The topological polar surface area (TPSA) is 237 Å². The molecule has 19 heteroatoms. The van der Waals surface area contributed by atoms with Gasteiger partial charge in [0.2, 0.25) is 0 Å². The normalized spacial score (nSPS) is 14.7. The zero-order valence-corrected chi connectivity index (χ0v) is 63.2. The third-order valence-electron chi connectivity index (χ3n) is 18.1. The maximum atomic E-state index is 13.1. The molecule has 0 aromatic carbocycles. The summed E-state index contributed by atoms with van der Waals surface area (Å²) >= 11 is 0. The predicted molar refractivity (Wildman–Crippen MR) is 381 cm³/mol. The first-order valence-corrected chi connectivity index (χ1v) is 41.9. The molecule has 3 N–H and O–H groups in total. The SMILES string of the molecule is CCCCCCCCCCCCCCCCCCCCC(=O)O[C@H](COC(=O)CCCCCCCCCCCCC(C)CC)COP(=O)(O)OC[C@@H](O)COP(=O)(O)OC[C@@H](COC(=O)CCCCCCCCCC(C)C)OC(=O)CCCCCCCCCCC(C)CC. The number of phosphoric acid groups is 2. The lowest BCUT2D eigenvalue weighted by molar-refractivity contribution is -0.161. The van der Waals surface area contributed by atoms with Crippen LogP contribution in [0.5, 0.6) is 0 Å². The molecule has 0 amide bonds.